The van der Waals surface area contributed by atoms with Gasteiger partial charge in [-0.05, 0) is 30.5 Å². The molecule has 1 saturated heterocycles. The first-order chi connectivity index (χ1) is 10.2. The zero-order valence-electron chi connectivity index (χ0n) is 11.7. The van der Waals surface area contributed by atoms with Crippen LogP contribution >= 0.6 is 0 Å². The van der Waals surface area contributed by atoms with Crippen LogP contribution in [0, 0.1) is 17.2 Å². The molecule has 0 aliphatic carbocycles. The maximum absolute atomic E-state index is 12.8. The number of nitriles is 1. The fourth-order valence-electron chi connectivity index (χ4n) is 2.44. The van der Waals surface area contributed by atoms with Gasteiger partial charge in [-0.15, -0.1) is 0 Å². The van der Waals surface area contributed by atoms with E-state index in [1.807, 2.05) is 6.07 Å². The Morgan fingerprint density at radius 3 is 2.45 bits per heavy atom. The molecule has 0 amide bonds. The first-order valence-corrected chi connectivity index (χ1v) is 8.37. The van der Waals surface area contributed by atoms with Crippen molar-refractivity contribution in [2.24, 2.45) is 5.92 Å². The lowest BCUT2D eigenvalue weighted by Crippen LogP contribution is -2.44. The minimum atomic E-state index is -4.37. The molecule has 0 aromatic heterocycles. The van der Waals surface area contributed by atoms with E-state index in [0.29, 0.717) is 11.1 Å². The fourth-order valence-corrected chi connectivity index (χ4v) is 4.05. The van der Waals surface area contributed by atoms with Gasteiger partial charge in [0.25, 0.3) is 0 Å². The van der Waals surface area contributed by atoms with Crippen LogP contribution in [0.5, 0.6) is 0 Å². The van der Waals surface area contributed by atoms with Crippen molar-refractivity contribution >= 4 is 10.0 Å². The van der Waals surface area contributed by atoms with Gasteiger partial charge in [0.2, 0.25) is 10.0 Å². The lowest BCUT2D eigenvalue weighted by atomic mass is 9.99. The molecule has 2 rings (SSSR count). The van der Waals surface area contributed by atoms with Gasteiger partial charge in [0.05, 0.1) is 23.3 Å². The summed E-state index contributed by atoms with van der Waals surface area (Å²) in [5.74, 6) is -1.96. The molecule has 1 aliphatic rings. The van der Waals surface area contributed by atoms with E-state index in [1.165, 1.54) is 24.3 Å². The van der Waals surface area contributed by atoms with Crippen LogP contribution in [0.1, 0.15) is 24.0 Å². The monoisotopic (exact) mass is 332 g/mol. The molecular formula is C14H15F3N2O2S. The van der Waals surface area contributed by atoms with Gasteiger partial charge in [0.15, 0.2) is 0 Å². The summed E-state index contributed by atoms with van der Waals surface area (Å²) in [5, 5.41) is 8.69. The van der Waals surface area contributed by atoms with Crippen LogP contribution in [0.25, 0.3) is 0 Å². The average Bonchev–Trinajstić information content (AvgIpc) is 2.47. The van der Waals surface area contributed by atoms with Crippen molar-refractivity contribution in [2.75, 3.05) is 13.1 Å². The molecule has 0 N–H and O–H groups in total. The Bertz CT molecular complexity index is 663. The van der Waals surface area contributed by atoms with Gasteiger partial charge in [0.1, 0.15) is 0 Å². The molecule has 120 valence electrons. The Morgan fingerprint density at radius 2 is 1.91 bits per heavy atom. The van der Waals surface area contributed by atoms with E-state index < -0.39 is 28.7 Å². The number of hydrogen-bond donors (Lipinski definition) is 0. The highest BCUT2D eigenvalue weighted by atomic mass is 32.2. The molecular weight excluding hydrogens is 317 g/mol. The molecule has 8 heteroatoms. The topological polar surface area (TPSA) is 61.2 Å². The normalized spacial score (nSPS) is 20.5. The van der Waals surface area contributed by atoms with Gasteiger partial charge >= 0.3 is 6.18 Å². The van der Waals surface area contributed by atoms with Crippen molar-refractivity contribution in [1.82, 2.24) is 4.31 Å². The van der Waals surface area contributed by atoms with Gasteiger partial charge in [0, 0.05) is 13.1 Å². The summed E-state index contributed by atoms with van der Waals surface area (Å²) in [6, 6.07) is 7.89. The molecule has 22 heavy (non-hydrogen) atoms. The van der Waals surface area contributed by atoms with Crippen LogP contribution in [0.2, 0.25) is 0 Å². The number of sulfonamides is 1. The van der Waals surface area contributed by atoms with Crippen LogP contribution in [0.4, 0.5) is 13.2 Å². The van der Waals surface area contributed by atoms with Crippen LogP contribution in [0.15, 0.2) is 24.3 Å². The minimum Gasteiger partial charge on any atom is -0.212 e. The Balaban J connectivity index is 2.10. The highest BCUT2D eigenvalue weighted by Crippen LogP contribution is 2.34. The van der Waals surface area contributed by atoms with Crippen molar-refractivity contribution in [3.8, 4) is 6.07 Å². The van der Waals surface area contributed by atoms with E-state index in [4.69, 9.17) is 5.26 Å². The summed E-state index contributed by atoms with van der Waals surface area (Å²) in [4.78, 5) is 0. The van der Waals surface area contributed by atoms with Crippen LogP contribution in [-0.4, -0.2) is 32.0 Å². The minimum absolute atomic E-state index is 0.0353. The molecule has 0 bridgehead atoms. The zero-order chi connectivity index (χ0) is 16.4. The van der Waals surface area contributed by atoms with Crippen molar-refractivity contribution < 1.29 is 21.6 Å². The molecule has 0 radical (unpaired) electrons. The summed E-state index contributed by atoms with van der Waals surface area (Å²) >= 11 is 0. The third-order valence-corrected chi connectivity index (χ3v) is 5.49. The zero-order valence-corrected chi connectivity index (χ0v) is 12.5. The molecule has 4 nitrogen and oxygen atoms in total. The highest BCUT2D eigenvalue weighted by Gasteiger charge is 2.43. The molecule has 0 saturated carbocycles. The smallest absolute Gasteiger partial charge is 0.212 e. The van der Waals surface area contributed by atoms with Gasteiger partial charge in [-0.2, -0.15) is 18.4 Å². The number of nitrogens with zero attached hydrogens (tertiary/aromatic N) is 2. The number of piperidine rings is 1. The van der Waals surface area contributed by atoms with E-state index in [2.05, 4.69) is 0 Å². The predicted octanol–water partition coefficient (Wildman–Crippen LogP) is 2.66. The first kappa shape index (κ1) is 16.8. The average molecular weight is 332 g/mol. The van der Waals surface area contributed by atoms with Gasteiger partial charge in [-0.25, -0.2) is 12.7 Å². The maximum atomic E-state index is 12.8. The fraction of sp³-hybridized carbons (Fsp3) is 0.500. The Morgan fingerprint density at radius 1 is 1.27 bits per heavy atom. The molecule has 1 fully saturated rings. The van der Waals surface area contributed by atoms with E-state index in [-0.39, 0.29) is 25.1 Å². The van der Waals surface area contributed by atoms with Gasteiger partial charge in [-0.1, -0.05) is 12.1 Å². The van der Waals surface area contributed by atoms with E-state index in [9.17, 15) is 21.6 Å². The second-order valence-electron chi connectivity index (χ2n) is 5.30. The summed E-state index contributed by atoms with van der Waals surface area (Å²) in [5.41, 5.74) is 0.851. The highest BCUT2D eigenvalue weighted by molar-refractivity contribution is 7.88. The third kappa shape index (κ3) is 3.99. The van der Waals surface area contributed by atoms with E-state index >= 15 is 0 Å². The Hall–Kier alpha value is -1.59. The second kappa shape index (κ2) is 6.26. The lowest BCUT2D eigenvalue weighted by molar-refractivity contribution is -0.182. The first-order valence-electron chi connectivity index (χ1n) is 6.76. The Labute approximate surface area is 127 Å². The van der Waals surface area contributed by atoms with Crippen molar-refractivity contribution in [1.29, 1.82) is 5.26 Å². The number of benzene rings is 1. The van der Waals surface area contributed by atoms with E-state index in [1.54, 1.807) is 0 Å². The maximum Gasteiger partial charge on any atom is 0.393 e. The van der Waals surface area contributed by atoms with Crippen molar-refractivity contribution in [3.63, 3.8) is 0 Å². The van der Waals surface area contributed by atoms with Crippen LogP contribution < -0.4 is 0 Å². The van der Waals surface area contributed by atoms with Gasteiger partial charge < -0.3 is 0 Å². The molecule has 1 heterocycles. The number of alkyl halides is 3. The third-order valence-electron chi connectivity index (χ3n) is 3.67. The summed E-state index contributed by atoms with van der Waals surface area (Å²) in [6.07, 6.45) is -4.20. The van der Waals surface area contributed by atoms with Crippen LogP contribution in [-0.2, 0) is 15.8 Å². The molecule has 1 atom stereocenters. The lowest BCUT2D eigenvalue weighted by Gasteiger charge is -2.32. The molecule has 1 aromatic carbocycles. The molecule has 1 aromatic rings. The quantitative estimate of drug-likeness (QED) is 0.855. The Kier molecular flexibility index (Phi) is 4.78. The van der Waals surface area contributed by atoms with Gasteiger partial charge in [-0.3, -0.25) is 0 Å². The summed E-state index contributed by atoms with van der Waals surface area (Å²) in [6.45, 7) is -0.396. The predicted molar refractivity (Wildman–Crippen MR) is 74.1 cm³/mol. The van der Waals surface area contributed by atoms with E-state index in [0.717, 1.165) is 4.31 Å². The second-order valence-corrected chi connectivity index (χ2v) is 7.27. The summed E-state index contributed by atoms with van der Waals surface area (Å²) in [7, 11) is -3.80. The van der Waals surface area contributed by atoms with Crippen molar-refractivity contribution in [3.05, 3.63) is 35.4 Å². The largest absolute Gasteiger partial charge is 0.393 e. The number of rotatable bonds is 3. The SMILES string of the molecule is N#Cc1ccc(CS(=O)(=O)N2CCC[C@H](C(F)(F)F)C2)cc1. The standard InChI is InChI=1S/C14H15F3N2O2S/c15-14(16,17)13-2-1-7-19(9-13)22(20,21)10-12-5-3-11(8-18)4-6-12/h3-6,13H,1-2,7,9-10H2/t13-/m0/s1. The molecule has 1 aliphatic heterocycles. The summed E-state index contributed by atoms with van der Waals surface area (Å²) < 4.78 is 63.8. The molecule has 0 spiro atoms. The van der Waals surface area contributed by atoms with Crippen LogP contribution in [0.3, 0.4) is 0 Å². The number of hydrogen-bond acceptors (Lipinski definition) is 3. The number of halogens is 3. The van der Waals surface area contributed by atoms with Crippen molar-refractivity contribution in [2.45, 2.75) is 24.8 Å². The molecule has 0 unspecified atom stereocenters.